The van der Waals surface area contributed by atoms with Gasteiger partial charge in [-0.2, -0.15) is 0 Å². The number of fused-ring (bicyclic) bond motifs is 1. The van der Waals surface area contributed by atoms with Crippen LogP contribution < -0.4 is 4.74 Å². The third-order valence-electron chi connectivity index (χ3n) is 2.68. The number of hydrogen-bond acceptors (Lipinski definition) is 2. The second kappa shape index (κ2) is 5.57. The number of aryl methyl sites for hydroxylation is 1. The number of rotatable bonds is 2. The van der Waals surface area contributed by atoms with Crippen LogP contribution in [0.15, 0.2) is 24.4 Å². The number of halogens is 1. The number of aromatic nitrogens is 1. The van der Waals surface area contributed by atoms with Gasteiger partial charge in [0.15, 0.2) is 0 Å². The summed E-state index contributed by atoms with van der Waals surface area (Å²) in [6.07, 6.45) is 4.37. The lowest BCUT2D eigenvalue weighted by molar-refractivity contribution is 0.306. The molecule has 1 aliphatic carbocycles. The van der Waals surface area contributed by atoms with E-state index in [0.717, 1.165) is 29.5 Å². The van der Waals surface area contributed by atoms with Crippen LogP contribution in [-0.2, 0) is 0 Å². The molecule has 1 aliphatic rings. The first-order chi connectivity index (χ1) is 8.72. The summed E-state index contributed by atoms with van der Waals surface area (Å²) in [5.41, 5.74) is 2.08. The van der Waals surface area contributed by atoms with Gasteiger partial charge in [-0.25, -0.2) is 0 Å². The Bertz CT molecular complexity index is 544. The van der Waals surface area contributed by atoms with Crippen LogP contribution >= 0.6 is 11.6 Å². The first-order valence-electron chi connectivity index (χ1n) is 6.45. The molecule has 0 radical (unpaired) electrons. The summed E-state index contributed by atoms with van der Waals surface area (Å²) >= 11 is 5.94. The molecule has 3 rings (SSSR count). The van der Waals surface area contributed by atoms with E-state index in [9.17, 15) is 0 Å². The molecule has 3 heteroatoms. The third-order valence-corrected chi connectivity index (χ3v) is 2.88. The first kappa shape index (κ1) is 13.2. The molecule has 2 aromatic rings. The highest BCUT2D eigenvalue weighted by Crippen LogP contribution is 2.32. The highest BCUT2D eigenvalue weighted by atomic mass is 35.5. The number of pyridine rings is 1. The van der Waals surface area contributed by atoms with Crippen LogP contribution in [0.25, 0.3) is 10.9 Å². The van der Waals surface area contributed by atoms with E-state index < -0.39 is 0 Å². The maximum atomic E-state index is 5.94. The number of benzene rings is 1. The van der Waals surface area contributed by atoms with Crippen LogP contribution in [0, 0.1) is 6.92 Å². The molecule has 0 aliphatic heterocycles. The van der Waals surface area contributed by atoms with Gasteiger partial charge in [-0.3, -0.25) is 4.98 Å². The average Bonchev–Trinajstić information content (AvgIpc) is 3.14. The molecule has 0 bridgehead atoms. The van der Waals surface area contributed by atoms with Crippen LogP contribution in [0.1, 0.15) is 32.3 Å². The van der Waals surface area contributed by atoms with E-state index in [-0.39, 0.29) is 0 Å². The fourth-order valence-electron chi connectivity index (χ4n) is 1.79. The lowest BCUT2D eigenvalue weighted by Gasteiger charge is -2.09. The van der Waals surface area contributed by atoms with Gasteiger partial charge in [0, 0.05) is 11.6 Å². The number of hydrogen-bond donors (Lipinski definition) is 0. The normalized spacial score (nSPS) is 14.0. The third kappa shape index (κ3) is 2.94. The molecule has 0 N–H and O–H groups in total. The van der Waals surface area contributed by atoms with Crippen LogP contribution in [-0.4, -0.2) is 11.1 Å². The van der Waals surface area contributed by atoms with Crippen molar-refractivity contribution in [3.8, 4) is 5.75 Å². The van der Waals surface area contributed by atoms with Crippen molar-refractivity contribution in [2.75, 3.05) is 0 Å². The van der Waals surface area contributed by atoms with Crippen molar-refractivity contribution in [3.63, 3.8) is 0 Å². The quantitative estimate of drug-likeness (QED) is 0.779. The van der Waals surface area contributed by atoms with Crippen LogP contribution in [0.5, 0.6) is 5.75 Å². The SMILES string of the molecule is CC.Cc1cc(OC2CC2)c2ncc(Cl)cc2c1. The van der Waals surface area contributed by atoms with Crippen molar-refractivity contribution in [2.45, 2.75) is 39.7 Å². The topological polar surface area (TPSA) is 22.1 Å². The van der Waals surface area contributed by atoms with E-state index in [0.29, 0.717) is 11.1 Å². The molecule has 1 fully saturated rings. The second-order valence-electron chi connectivity index (χ2n) is 4.31. The molecule has 18 heavy (non-hydrogen) atoms. The van der Waals surface area contributed by atoms with E-state index in [2.05, 4.69) is 18.0 Å². The van der Waals surface area contributed by atoms with Crippen LogP contribution in [0.4, 0.5) is 0 Å². The van der Waals surface area contributed by atoms with E-state index in [4.69, 9.17) is 16.3 Å². The molecule has 2 nitrogen and oxygen atoms in total. The molecule has 0 saturated heterocycles. The standard InChI is InChI=1S/C13H12ClNO.C2H6/c1-8-4-9-6-10(14)7-15-13(9)12(5-8)16-11-2-3-11;1-2/h4-7,11H,2-3H2,1H3;1-2H3. The molecular formula is C15H18ClNO. The van der Waals surface area contributed by atoms with E-state index in [1.54, 1.807) is 6.20 Å². The molecule has 1 saturated carbocycles. The highest BCUT2D eigenvalue weighted by molar-refractivity contribution is 6.31. The summed E-state index contributed by atoms with van der Waals surface area (Å²) in [6, 6.07) is 6.05. The molecule has 0 unspecified atom stereocenters. The monoisotopic (exact) mass is 263 g/mol. The minimum atomic E-state index is 0.391. The van der Waals surface area contributed by atoms with Crippen molar-refractivity contribution in [2.24, 2.45) is 0 Å². The Labute approximate surface area is 113 Å². The van der Waals surface area contributed by atoms with Crippen molar-refractivity contribution in [1.82, 2.24) is 4.98 Å². The number of nitrogens with zero attached hydrogens (tertiary/aromatic N) is 1. The van der Waals surface area contributed by atoms with Gasteiger partial charge < -0.3 is 4.74 Å². The van der Waals surface area contributed by atoms with Gasteiger partial charge in [0.2, 0.25) is 0 Å². The summed E-state index contributed by atoms with van der Waals surface area (Å²) in [5, 5.41) is 1.71. The van der Waals surface area contributed by atoms with Crippen molar-refractivity contribution >= 4 is 22.5 Å². The minimum absolute atomic E-state index is 0.391. The summed E-state index contributed by atoms with van der Waals surface area (Å²) in [5.74, 6) is 0.883. The highest BCUT2D eigenvalue weighted by Gasteiger charge is 2.24. The number of ether oxygens (including phenoxy) is 1. The van der Waals surface area contributed by atoms with Gasteiger partial charge in [0.1, 0.15) is 11.3 Å². The predicted molar refractivity (Wildman–Crippen MR) is 76.5 cm³/mol. The molecule has 1 aromatic heterocycles. The zero-order chi connectivity index (χ0) is 13.1. The molecule has 1 heterocycles. The van der Waals surface area contributed by atoms with Crippen molar-refractivity contribution in [3.05, 3.63) is 35.0 Å². The largest absolute Gasteiger partial charge is 0.488 e. The van der Waals surface area contributed by atoms with E-state index >= 15 is 0 Å². The lowest BCUT2D eigenvalue weighted by atomic mass is 10.1. The van der Waals surface area contributed by atoms with Gasteiger partial charge >= 0.3 is 0 Å². The van der Waals surface area contributed by atoms with Gasteiger partial charge in [-0.05, 0) is 43.5 Å². The van der Waals surface area contributed by atoms with Gasteiger partial charge in [0.25, 0.3) is 0 Å². The second-order valence-corrected chi connectivity index (χ2v) is 4.74. The van der Waals surface area contributed by atoms with Gasteiger partial charge in [0.05, 0.1) is 11.1 Å². The molecule has 0 spiro atoms. The van der Waals surface area contributed by atoms with Crippen molar-refractivity contribution < 1.29 is 4.74 Å². The minimum Gasteiger partial charge on any atom is -0.488 e. The maximum Gasteiger partial charge on any atom is 0.146 e. The zero-order valence-corrected chi connectivity index (χ0v) is 11.8. The Morgan fingerprint density at radius 3 is 2.61 bits per heavy atom. The Morgan fingerprint density at radius 2 is 1.94 bits per heavy atom. The zero-order valence-electron chi connectivity index (χ0n) is 11.0. The molecule has 0 amide bonds. The van der Waals surface area contributed by atoms with Crippen LogP contribution in [0.3, 0.4) is 0 Å². The average molecular weight is 264 g/mol. The molecule has 96 valence electrons. The maximum absolute atomic E-state index is 5.94. The van der Waals surface area contributed by atoms with Crippen molar-refractivity contribution in [1.29, 1.82) is 0 Å². The summed E-state index contributed by atoms with van der Waals surface area (Å²) in [7, 11) is 0. The van der Waals surface area contributed by atoms with Gasteiger partial charge in [-0.1, -0.05) is 25.4 Å². The smallest absolute Gasteiger partial charge is 0.146 e. The van der Waals surface area contributed by atoms with Crippen LogP contribution in [0.2, 0.25) is 5.02 Å². The fraction of sp³-hybridized carbons (Fsp3) is 0.400. The summed E-state index contributed by atoms with van der Waals surface area (Å²) in [4.78, 5) is 4.35. The Kier molecular flexibility index (Phi) is 4.07. The van der Waals surface area contributed by atoms with E-state index in [1.807, 2.05) is 26.0 Å². The summed E-state index contributed by atoms with van der Waals surface area (Å²) in [6.45, 7) is 6.06. The van der Waals surface area contributed by atoms with Gasteiger partial charge in [-0.15, -0.1) is 0 Å². The predicted octanol–water partition coefficient (Wildman–Crippen LogP) is 4.76. The molecular weight excluding hydrogens is 246 g/mol. The first-order valence-corrected chi connectivity index (χ1v) is 6.83. The lowest BCUT2D eigenvalue weighted by Crippen LogP contribution is -1.98. The molecule has 0 atom stereocenters. The fourth-order valence-corrected chi connectivity index (χ4v) is 1.95. The Balaban J connectivity index is 0.000000574. The summed E-state index contributed by atoms with van der Waals surface area (Å²) < 4.78 is 5.85. The van der Waals surface area contributed by atoms with E-state index in [1.165, 1.54) is 5.56 Å². The molecule has 1 aromatic carbocycles. The Hall–Kier alpha value is -1.28. The Morgan fingerprint density at radius 1 is 1.22 bits per heavy atom.